The summed E-state index contributed by atoms with van der Waals surface area (Å²) >= 11 is 14.1. The molecule has 6 atom stereocenters. The van der Waals surface area contributed by atoms with Crippen molar-refractivity contribution in [2.75, 3.05) is 7.05 Å². The van der Waals surface area contributed by atoms with Crippen LogP contribution in [-0.2, 0) is 25.8 Å². The Morgan fingerprint density at radius 3 is 2.47 bits per heavy atom. The van der Waals surface area contributed by atoms with Gasteiger partial charge in [-0.3, -0.25) is 29.4 Å². The SMILES string of the molecule is CN1C(=O)C2(Cl)CC3C(=CCC4C(=O)NC(=O)C43)C(c3ccc(OCc4ccccc4)cc3O)C2(Cl)C1=O. The molecule has 2 aromatic carbocycles. The Bertz CT molecular complexity index is 1430. The molecule has 2 N–H and O–H groups in total. The predicted octanol–water partition coefficient (Wildman–Crippen LogP) is 3.25. The molecule has 0 spiro atoms. The van der Waals surface area contributed by atoms with E-state index in [1.165, 1.54) is 13.1 Å². The summed E-state index contributed by atoms with van der Waals surface area (Å²) in [4.78, 5) is 49.2. The van der Waals surface area contributed by atoms with E-state index in [0.29, 0.717) is 11.3 Å². The van der Waals surface area contributed by atoms with Crippen LogP contribution in [0.2, 0.25) is 0 Å². The number of nitrogens with zero attached hydrogens (tertiary/aromatic N) is 1. The van der Waals surface area contributed by atoms with E-state index in [1.807, 2.05) is 36.4 Å². The molecule has 8 nitrogen and oxygen atoms in total. The highest BCUT2D eigenvalue weighted by Crippen LogP contribution is 2.65. The first-order chi connectivity index (χ1) is 18.1. The van der Waals surface area contributed by atoms with Gasteiger partial charge in [0.05, 0.1) is 11.8 Å². The van der Waals surface area contributed by atoms with Gasteiger partial charge in [0, 0.05) is 24.6 Å². The van der Waals surface area contributed by atoms with Crippen LogP contribution in [0.3, 0.4) is 0 Å². The largest absolute Gasteiger partial charge is 0.508 e. The number of phenolic OH excluding ortho intramolecular Hbond substituents is 1. The zero-order valence-corrected chi connectivity index (χ0v) is 21.8. The first-order valence-electron chi connectivity index (χ1n) is 12.3. The van der Waals surface area contributed by atoms with E-state index in [1.54, 1.807) is 12.1 Å². The normalized spacial score (nSPS) is 33.9. The van der Waals surface area contributed by atoms with Gasteiger partial charge in [-0.2, -0.15) is 0 Å². The smallest absolute Gasteiger partial charge is 0.253 e. The third-order valence-electron chi connectivity index (χ3n) is 8.42. The summed E-state index contributed by atoms with van der Waals surface area (Å²) in [5, 5.41) is 13.6. The lowest BCUT2D eigenvalue weighted by molar-refractivity contribution is -0.138. The highest BCUT2D eigenvalue weighted by Gasteiger charge is 2.75. The lowest BCUT2D eigenvalue weighted by atomic mass is 9.56. The number of amides is 4. The number of carbonyl (C=O) groups is 4. The lowest BCUT2D eigenvalue weighted by Gasteiger charge is -2.50. The number of halogens is 2. The number of aromatic hydroxyl groups is 1. The van der Waals surface area contributed by atoms with Crippen LogP contribution >= 0.6 is 23.2 Å². The Balaban J connectivity index is 1.45. The summed E-state index contributed by atoms with van der Waals surface area (Å²) in [7, 11) is 1.32. The average molecular weight is 555 g/mol. The molecular weight excluding hydrogens is 531 g/mol. The number of benzene rings is 2. The van der Waals surface area contributed by atoms with Gasteiger partial charge in [0.1, 0.15) is 18.1 Å². The molecule has 0 aromatic heterocycles. The molecule has 2 aliphatic carbocycles. The van der Waals surface area contributed by atoms with Gasteiger partial charge in [-0.25, -0.2) is 0 Å². The summed E-state index contributed by atoms with van der Waals surface area (Å²) in [5.41, 5.74) is 1.85. The summed E-state index contributed by atoms with van der Waals surface area (Å²) in [6.45, 7) is 0.282. The summed E-state index contributed by atoms with van der Waals surface area (Å²) < 4.78 is 5.84. The minimum absolute atomic E-state index is 0.0871. The first-order valence-corrected chi connectivity index (χ1v) is 13.1. The third kappa shape index (κ3) is 3.29. The number of fused-ring (bicyclic) bond motifs is 4. The number of rotatable bonds is 4. The van der Waals surface area contributed by atoms with Crippen LogP contribution in [0.5, 0.6) is 11.5 Å². The highest BCUT2D eigenvalue weighted by atomic mass is 35.5. The van der Waals surface area contributed by atoms with Crippen molar-refractivity contribution in [2.24, 2.45) is 17.8 Å². The van der Waals surface area contributed by atoms with Crippen LogP contribution in [0, 0.1) is 17.8 Å². The molecule has 0 radical (unpaired) electrons. The van der Waals surface area contributed by atoms with Crippen LogP contribution < -0.4 is 10.1 Å². The number of hydrogen-bond acceptors (Lipinski definition) is 6. The van der Waals surface area contributed by atoms with Gasteiger partial charge in [0.15, 0.2) is 9.75 Å². The zero-order valence-electron chi connectivity index (χ0n) is 20.3. The van der Waals surface area contributed by atoms with Crippen molar-refractivity contribution >= 4 is 46.8 Å². The second-order valence-corrected chi connectivity index (χ2v) is 11.6. The molecule has 6 rings (SSSR count). The maximum atomic E-state index is 13.5. The Kier molecular flexibility index (Phi) is 5.63. The topological polar surface area (TPSA) is 113 Å². The Hall–Kier alpha value is -3.36. The number of alkyl halides is 2. The van der Waals surface area contributed by atoms with Crippen molar-refractivity contribution in [3.8, 4) is 11.5 Å². The minimum Gasteiger partial charge on any atom is -0.508 e. The van der Waals surface area contributed by atoms with E-state index < -0.39 is 51.1 Å². The highest BCUT2D eigenvalue weighted by molar-refractivity contribution is 6.53. The van der Waals surface area contributed by atoms with E-state index in [9.17, 15) is 24.3 Å². The number of allylic oxidation sites excluding steroid dienone is 2. The fourth-order valence-electron chi connectivity index (χ4n) is 6.60. The van der Waals surface area contributed by atoms with Crippen LogP contribution in [0.15, 0.2) is 60.2 Å². The molecule has 10 heteroatoms. The molecule has 4 amide bonds. The van der Waals surface area contributed by atoms with Crippen LogP contribution in [0.1, 0.15) is 29.9 Å². The van der Waals surface area contributed by atoms with Crippen LogP contribution in [-0.4, -0.2) is 50.4 Å². The number of imide groups is 2. The monoisotopic (exact) mass is 554 g/mol. The van der Waals surface area contributed by atoms with Crippen molar-refractivity contribution < 1.29 is 29.0 Å². The van der Waals surface area contributed by atoms with E-state index in [0.717, 1.165) is 10.5 Å². The summed E-state index contributed by atoms with van der Waals surface area (Å²) in [6, 6.07) is 14.2. The molecule has 2 aromatic rings. The molecular formula is C28H24Cl2N2O6. The van der Waals surface area contributed by atoms with E-state index in [2.05, 4.69) is 5.32 Å². The minimum atomic E-state index is -1.95. The number of likely N-dealkylation sites (tertiary alicyclic amines) is 1. The van der Waals surface area contributed by atoms with Crippen molar-refractivity contribution in [1.82, 2.24) is 10.2 Å². The van der Waals surface area contributed by atoms with Crippen molar-refractivity contribution in [2.45, 2.75) is 35.1 Å². The predicted molar refractivity (Wildman–Crippen MR) is 138 cm³/mol. The number of ether oxygens (including phenoxy) is 1. The summed E-state index contributed by atoms with van der Waals surface area (Å²) in [6.07, 6.45) is 1.99. The number of phenols is 1. The molecule has 2 heterocycles. The van der Waals surface area contributed by atoms with Gasteiger partial charge in [0.25, 0.3) is 11.8 Å². The maximum absolute atomic E-state index is 13.5. The van der Waals surface area contributed by atoms with E-state index >= 15 is 0 Å². The van der Waals surface area contributed by atoms with Gasteiger partial charge >= 0.3 is 0 Å². The zero-order chi connectivity index (χ0) is 27.0. The molecule has 196 valence electrons. The quantitative estimate of drug-likeness (QED) is 0.341. The number of nitrogens with one attached hydrogen (secondary N) is 1. The van der Waals surface area contributed by atoms with Crippen LogP contribution in [0.4, 0.5) is 0 Å². The molecule has 6 unspecified atom stereocenters. The average Bonchev–Trinajstić information content (AvgIpc) is 3.27. The van der Waals surface area contributed by atoms with Crippen molar-refractivity contribution in [3.05, 3.63) is 71.3 Å². The van der Waals surface area contributed by atoms with Gasteiger partial charge in [-0.1, -0.05) is 48.0 Å². The molecule has 0 bridgehead atoms. The molecule has 1 saturated carbocycles. The summed E-state index contributed by atoms with van der Waals surface area (Å²) in [5.74, 6) is -4.92. The Morgan fingerprint density at radius 2 is 1.76 bits per heavy atom. The van der Waals surface area contributed by atoms with Crippen LogP contribution in [0.25, 0.3) is 0 Å². The number of carbonyl (C=O) groups excluding carboxylic acids is 4. The van der Waals surface area contributed by atoms with Gasteiger partial charge < -0.3 is 9.84 Å². The molecule has 38 heavy (non-hydrogen) atoms. The maximum Gasteiger partial charge on any atom is 0.253 e. The lowest BCUT2D eigenvalue weighted by Crippen LogP contribution is -2.60. The Labute approximate surface area is 228 Å². The molecule has 2 saturated heterocycles. The fraction of sp³-hybridized carbons (Fsp3) is 0.357. The molecule has 2 aliphatic heterocycles. The standard InChI is InChI=1S/C28H24Cl2N2O6/c1-32-25(36)27(29)12-19-16(9-10-18-21(19)24(35)31-23(18)34)22(28(27,30)26(32)37)17-8-7-15(11-20(17)33)38-13-14-5-3-2-4-6-14/h2-9,11,18-19,21-22,33H,10,12-13H2,1H3,(H,31,34,35). The second kappa shape index (κ2) is 8.58. The molecule has 4 aliphatic rings. The molecule has 3 fully saturated rings. The van der Waals surface area contributed by atoms with Gasteiger partial charge in [0.2, 0.25) is 11.8 Å². The van der Waals surface area contributed by atoms with E-state index in [-0.39, 0.29) is 36.7 Å². The number of hydrogen-bond donors (Lipinski definition) is 2. The van der Waals surface area contributed by atoms with Gasteiger partial charge in [-0.05, 0) is 30.4 Å². The first kappa shape index (κ1) is 24.9. The van der Waals surface area contributed by atoms with Crippen molar-refractivity contribution in [1.29, 1.82) is 0 Å². The Morgan fingerprint density at radius 1 is 1.03 bits per heavy atom. The second-order valence-electron chi connectivity index (χ2n) is 10.3. The van der Waals surface area contributed by atoms with E-state index in [4.69, 9.17) is 27.9 Å². The fourth-order valence-corrected chi connectivity index (χ4v) is 7.61. The third-order valence-corrected chi connectivity index (χ3v) is 9.83. The van der Waals surface area contributed by atoms with Gasteiger partial charge in [-0.15, -0.1) is 23.2 Å². The van der Waals surface area contributed by atoms with Crippen molar-refractivity contribution in [3.63, 3.8) is 0 Å².